The van der Waals surface area contributed by atoms with Gasteiger partial charge in [0.05, 0.1) is 5.56 Å². The number of hydrogen-bond acceptors (Lipinski definition) is 5. The van der Waals surface area contributed by atoms with Gasteiger partial charge in [-0.2, -0.15) is 13.2 Å². The SMILES string of the molecule is O=C(CCCC(=O)OCC(=O)Nc1cccc(C(F)(F)F)c1)Nc1ccc(Oc2ccc(Cl)cc2)cc1. The molecular weight excluding hydrogens is 513 g/mol. The van der Waals surface area contributed by atoms with Gasteiger partial charge in [0.25, 0.3) is 5.91 Å². The molecule has 0 aromatic heterocycles. The molecule has 194 valence electrons. The van der Waals surface area contributed by atoms with Crippen LogP contribution in [0.2, 0.25) is 5.02 Å². The molecule has 0 heterocycles. The molecule has 0 unspecified atom stereocenters. The van der Waals surface area contributed by atoms with Gasteiger partial charge in [0.15, 0.2) is 6.61 Å². The third-order valence-corrected chi connectivity index (χ3v) is 5.06. The molecule has 0 bridgehead atoms. The van der Waals surface area contributed by atoms with Gasteiger partial charge in [0.1, 0.15) is 11.5 Å². The maximum Gasteiger partial charge on any atom is 0.416 e. The number of amides is 2. The van der Waals surface area contributed by atoms with E-state index in [1.165, 1.54) is 6.07 Å². The van der Waals surface area contributed by atoms with Crippen molar-refractivity contribution in [3.63, 3.8) is 0 Å². The van der Waals surface area contributed by atoms with Gasteiger partial charge >= 0.3 is 12.1 Å². The van der Waals surface area contributed by atoms with E-state index >= 15 is 0 Å². The molecule has 3 rings (SSSR count). The summed E-state index contributed by atoms with van der Waals surface area (Å²) in [5.74, 6) is -0.632. The number of ether oxygens (including phenoxy) is 2. The molecule has 0 fully saturated rings. The Hall–Kier alpha value is -4.05. The Morgan fingerprint density at radius 2 is 1.41 bits per heavy atom. The Labute approximate surface area is 215 Å². The van der Waals surface area contributed by atoms with Gasteiger partial charge < -0.3 is 20.1 Å². The Kier molecular flexibility index (Phi) is 9.51. The average molecular weight is 535 g/mol. The van der Waals surface area contributed by atoms with Crippen LogP contribution in [0.3, 0.4) is 0 Å². The van der Waals surface area contributed by atoms with Crippen LogP contribution in [-0.2, 0) is 25.3 Å². The van der Waals surface area contributed by atoms with Gasteiger partial charge in [-0.15, -0.1) is 0 Å². The second-order valence-corrected chi connectivity index (χ2v) is 8.21. The summed E-state index contributed by atoms with van der Waals surface area (Å²) < 4.78 is 48.7. The van der Waals surface area contributed by atoms with Crippen molar-refractivity contribution >= 4 is 40.8 Å². The molecule has 0 saturated heterocycles. The number of hydrogen-bond donors (Lipinski definition) is 2. The molecular formula is C26H22ClF3N2O5. The molecule has 3 aromatic rings. The molecule has 37 heavy (non-hydrogen) atoms. The zero-order chi connectivity index (χ0) is 26.8. The van der Waals surface area contributed by atoms with Crippen molar-refractivity contribution in [3.05, 3.63) is 83.4 Å². The largest absolute Gasteiger partial charge is 0.457 e. The third kappa shape index (κ3) is 9.49. The lowest BCUT2D eigenvalue weighted by molar-refractivity contribution is -0.147. The summed E-state index contributed by atoms with van der Waals surface area (Å²) in [5, 5.41) is 5.53. The Morgan fingerprint density at radius 1 is 0.784 bits per heavy atom. The fourth-order valence-corrected chi connectivity index (χ4v) is 3.18. The predicted octanol–water partition coefficient (Wildman–Crippen LogP) is 6.44. The van der Waals surface area contributed by atoms with E-state index < -0.39 is 30.2 Å². The molecule has 2 amide bonds. The Bertz CT molecular complexity index is 1230. The highest BCUT2D eigenvalue weighted by Crippen LogP contribution is 2.30. The monoisotopic (exact) mass is 534 g/mol. The smallest absolute Gasteiger partial charge is 0.416 e. The summed E-state index contributed by atoms with van der Waals surface area (Å²) >= 11 is 5.84. The minimum atomic E-state index is -4.55. The van der Waals surface area contributed by atoms with Crippen molar-refractivity contribution in [1.29, 1.82) is 0 Å². The van der Waals surface area contributed by atoms with E-state index in [2.05, 4.69) is 10.6 Å². The van der Waals surface area contributed by atoms with Crippen LogP contribution >= 0.6 is 11.6 Å². The topological polar surface area (TPSA) is 93.7 Å². The van der Waals surface area contributed by atoms with Crippen molar-refractivity contribution in [2.75, 3.05) is 17.2 Å². The van der Waals surface area contributed by atoms with E-state index in [-0.39, 0.29) is 30.9 Å². The molecule has 0 saturated carbocycles. The Morgan fingerprint density at radius 3 is 2.05 bits per heavy atom. The lowest BCUT2D eigenvalue weighted by atomic mass is 10.2. The number of carbonyl (C=O) groups is 3. The van der Waals surface area contributed by atoms with Crippen LogP contribution in [0.4, 0.5) is 24.5 Å². The number of benzene rings is 3. The molecule has 7 nitrogen and oxygen atoms in total. The van der Waals surface area contributed by atoms with Crippen LogP contribution in [0.1, 0.15) is 24.8 Å². The molecule has 3 aromatic carbocycles. The fourth-order valence-electron chi connectivity index (χ4n) is 3.05. The normalized spacial score (nSPS) is 10.9. The maximum atomic E-state index is 12.7. The molecule has 0 aliphatic rings. The van der Waals surface area contributed by atoms with Gasteiger partial charge in [0, 0.05) is 29.2 Å². The van der Waals surface area contributed by atoms with E-state index in [4.69, 9.17) is 21.1 Å². The van der Waals surface area contributed by atoms with E-state index in [1.54, 1.807) is 48.5 Å². The first-order valence-electron chi connectivity index (χ1n) is 11.0. The van der Waals surface area contributed by atoms with Gasteiger partial charge in [-0.3, -0.25) is 14.4 Å². The van der Waals surface area contributed by atoms with E-state index in [1.807, 2.05) is 0 Å². The highest BCUT2D eigenvalue weighted by atomic mass is 35.5. The maximum absolute atomic E-state index is 12.7. The van der Waals surface area contributed by atoms with Crippen LogP contribution in [0, 0.1) is 0 Å². The number of carbonyl (C=O) groups excluding carboxylic acids is 3. The number of anilines is 2. The number of halogens is 4. The number of alkyl halides is 3. The standard InChI is InChI=1S/C26H22ClF3N2O5/c27-18-7-11-21(12-8-18)37-22-13-9-19(10-14-22)31-23(33)5-2-6-25(35)36-16-24(34)32-20-4-1-3-17(15-20)26(28,29)30/h1,3-4,7-15H,2,5-6,16H2,(H,31,33)(H,32,34). The van der Waals surface area contributed by atoms with Crippen molar-refractivity contribution < 1.29 is 37.0 Å². The minimum absolute atomic E-state index is 0.0363. The zero-order valence-corrected chi connectivity index (χ0v) is 20.1. The summed E-state index contributed by atoms with van der Waals surface area (Å²) in [5.41, 5.74) is -0.442. The highest BCUT2D eigenvalue weighted by molar-refractivity contribution is 6.30. The fraction of sp³-hybridized carbons (Fsp3) is 0.192. The summed E-state index contributed by atoms with van der Waals surface area (Å²) in [6.45, 7) is -0.661. The van der Waals surface area contributed by atoms with Crippen LogP contribution in [0.25, 0.3) is 0 Å². The quantitative estimate of drug-likeness (QED) is 0.292. The molecule has 2 N–H and O–H groups in total. The zero-order valence-electron chi connectivity index (χ0n) is 19.3. The number of esters is 1. The van der Waals surface area contributed by atoms with Crippen LogP contribution in [0.15, 0.2) is 72.8 Å². The van der Waals surface area contributed by atoms with Crippen molar-refractivity contribution in [1.82, 2.24) is 0 Å². The third-order valence-electron chi connectivity index (χ3n) is 4.81. The van der Waals surface area contributed by atoms with Gasteiger partial charge in [0.2, 0.25) is 5.91 Å². The predicted molar refractivity (Wildman–Crippen MR) is 131 cm³/mol. The summed E-state index contributed by atoms with van der Waals surface area (Å²) in [4.78, 5) is 35.8. The minimum Gasteiger partial charge on any atom is -0.457 e. The van der Waals surface area contributed by atoms with E-state index in [9.17, 15) is 27.6 Å². The van der Waals surface area contributed by atoms with E-state index in [0.29, 0.717) is 22.2 Å². The Balaban J connectivity index is 1.33. The van der Waals surface area contributed by atoms with Crippen molar-refractivity contribution in [2.24, 2.45) is 0 Å². The highest BCUT2D eigenvalue weighted by Gasteiger charge is 2.30. The summed E-state index contributed by atoms with van der Waals surface area (Å²) in [7, 11) is 0. The molecule has 0 radical (unpaired) electrons. The first kappa shape index (κ1) is 27.5. The lowest BCUT2D eigenvalue weighted by Crippen LogP contribution is -2.21. The molecule has 0 aliphatic heterocycles. The van der Waals surface area contributed by atoms with Gasteiger partial charge in [-0.25, -0.2) is 0 Å². The van der Waals surface area contributed by atoms with Gasteiger partial charge in [-0.1, -0.05) is 17.7 Å². The molecule has 0 aliphatic carbocycles. The number of nitrogens with one attached hydrogen (secondary N) is 2. The molecule has 11 heteroatoms. The van der Waals surface area contributed by atoms with Crippen molar-refractivity contribution in [2.45, 2.75) is 25.4 Å². The summed E-state index contributed by atoms with van der Waals surface area (Å²) in [6, 6.07) is 17.7. The first-order chi connectivity index (χ1) is 17.6. The first-order valence-corrected chi connectivity index (χ1v) is 11.4. The average Bonchev–Trinajstić information content (AvgIpc) is 2.85. The lowest BCUT2D eigenvalue weighted by Gasteiger charge is -2.10. The van der Waals surface area contributed by atoms with E-state index in [0.717, 1.165) is 18.2 Å². The molecule has 0 atom stereocenters. The number of rotatable bonds is 10. The van der Waals surface area contributed by atoms with Crippen LogP contribution < -0.4 is 15.4 Å². The van der Waals surface area contributed by atoms with Crippen molar-refractivity contribution in [3.8, 4) is 11.5 Å². The van der Waals surface area contributed by atoms with Crippen LogP contribution in [0.5, 0.6) is 11.5 Å². The second kappa shape index (κ2) is 12.8. The van der Waals surface area contributed by atoms with Gasteiger partial charge in [-0.05, 0) is 73.2 Å². The second-order valence-electron chi connectivity index (χ2n) is 7.77. The summed E-state index contributed by atoms with van der Waals surface area (Å²) in [6.07, 6.45) is -4.44. The van der Waals surface area contributed by atoms with Crippen LogP contribution in [-0.4, -0.2) is 24.4 Å². The molecule has 0 spiro atoms.